The van der Waals surface area contributed by atoms with Crippen LogP contribution in [0.4, 0.5) is 5.69 Å². The summed E-state index contributed by atoms with van der Waals surface area (Å²) in [6.07, 6.45) is 2.37. The lowest BCUT2D eigenvalue weighted by Crippen LogP contribution is -2.14. The Kier molecular flexibility index (Phi) is 4.36. The standard InChI is InChI=1S/C13H9ClN2O5/c14-8-1-4-10(11(7-8)16(19)20)12-5-2-9(21-12)3-6-13(17)15-18/h1-7,18H,(H,15,17)/b6-3+. The van der Waals surface area contributed by atoms with Gasteiger partial charge in [0, 0.05) is 17.2 Å². The van der Waals surface area contributed by atoms with E-state index >= 15 is 0 Å². The summed E-state index contributed by atoms with van der Waals surface area (Å²) < 4.78 is 5.40. The molecule has 0 aliphatic rings. The van der Waals surface area contributed by atoms with Gasteiger partial charge in [0.25, 0.3) is 11.6 Å². The highest BCUT2D eigenvalue weighted by atomic mass is 35.5. The molecular weight excluding hydrogens is 300 g/mol. The van der Waals surface area contributed by atoms with Crippen LogP contribution in [-0.4, -0.2) is 16.0 Å². The number of hydrogen-bond donors (Lipinski definition) is 2. The summed E-state index contributed by atoms with van der Waals surface area (Å²) in [7, 11) is 0. The number of hydrogen-bond acceptors (Lipinski definition) is 5. The van der Waals surface area contributed by atoms with Gasteiger partial charge in [-0.2, -0.15) is 0 Å². The second-order valence-electron chi connectivity index (χ2n) is 3.93. The predicted octanol–water partition coefficient (Wildman–Crippen LogP) is 3.03. The smallest absolute Gasteiger partial charge is 0.281 e. The summed E-state index contributed by atoms with van der Waals surface area (Å²) in [6.45, 7) is 0. The Bertz CT molecular complexity index is 723. The van der Waals surface area contributed by atoms with Gasteiger partial charge in [-0.1, -0.05) is 11.6 Å². The van der Waals surface area contributed by atoms with Gasteiger partial charge in [-0.3, -0.25) is 20.1 Å². The van der Waals surface area contributed by atoms with E-state index in [1.165, 1.54) is 41.9 Å². The van der Waals surface area contributed by atoms with Gasteiger partial charge in [0.2, 0.25) is 0 Å². The summed E-state index contributed by atoms with van der Waals surface area (Å²) in [4.78, 5) is 21.3. The van der Waals surface area contributed by atoms with E-state index in [1.54, 1.807) is 0 Å². The monoisotopic (exact) mass is 308 g/mol. The maximum absolute atomic E-state index is 11.0. The Morgan fingerprint density at radius 3 is 2.81 bits per heavy atom. The number of amides is 1. The molecule has 0 unspecified atom stereocenters. The van der Waals surface area contributed by atoms with Crippen LogP contribution in [-0.2, 0) is 4.79 Å². The van der Waals surface area contributed by atoms with Crippen molar-refractivity contribution in [2.45, 2.75) is 0 Å². The Balaban J connectivity index is 2.36. The molecule has 21 heavy (non-hydrogen) atoms. The number of halogens is 1. The Morgan fingerprint density at radius 1 is 1.38 bits per heavy atom. The number of nitro benzene ring substituents is 1. The molecular formula is C13H9ClN2O5. The van der Waals surface area contributed by atoms with Crippen LogP contribution in [0.15, 0.2) is 40.8 Å². The molecule has 1 heterocycles. The minimum absolute atomic E-state index is 0.180. The van der Waals surface area contributed by atoms with E-state index in [-0.39, 0.29) is 22.0 Å². The first-order chi connectivity index (χ1) is 10.0. The number of nitrogens with one attached hydrogen (secondary N) is 1. The van der Waals surface area contributed by atoms with E-state index in [0.29, 0.717) is 5.76 Å². The lowest BCUT2D eigenvalue weighted by Gasteiger charge is -2.00. The Morgan fingerprint density at radius 2 is 2.14 bits per heavy atom. The first kappa shape index (κ1) is 14.8. The average molecular weight is 309 g/mol. The number of hydroxylamine groups is 1. The number of carbonyl (C=O) groups excluding carboxylic acids is 1. The molecule has 0 bridgehead atoms. The zero-order valence-electron chi connectivity index (χ0n) is 10.4. The van der Waals surface area contributed by atoms with E-state index in [2.05, 4.69) is 0 Å². The molecule has 0 fully saturated rings. The van der Waals surface area contributed by atoms with Crippen molar-refractivity contribution >= 4 is 29.3 Å². The Labute approximate surface area is 123 Å². The van der Waals surface area contributed by atoms with E-state index in [1.807, 2.05) is 0 Å². The van der Waals surface area contributed by atoms with Gasteiger partial charge >= 0.3 is 0 Å². The third-order valence-electron chi connectivity index (χ3n) is 2.56. The van der Waals surface area contributed by atoms with Gasteiger partial charge in [0.15, 0.2) is 0 Å². The summed E-state index contributed by atoms with van der Waals surface area (Å²) >= 11 is 5.74. The van der Waals surface area contributed by atoms with Crippen molar-refractivity contribution in [2.75, 3.05) is 0 Å². The highest BCUT2D eigenvalue weighted by molar-refractivity contribution is 6.30. The molecule has 7 nitrogen and oxygen atoms in total. The van der Waals surface area contributed by atoms with Crippen LogP contribution in [0.2, 0.25) is 5.02 Å². The molecule has 2 aromatic rings. The zero-order valence-corrected chi connectivity index (χ0v) is 11.2. The van der Waals surface area contributed by atoms with Crippen LogP contribution >= 0.6 is 11.6 Å². The number of benzene rings is 1. The second-order valence-corrected chi connectivity index (χ2v) is 4.37. The van der Waals surface area contributed by atoms with Crippen LogP contribution in [0, 0.1) is 10.1 Å². The van der Waals surface area contributed by atoms with Crippen LogP contribution in [0.25, 0.3) is 17.4 Å². The number of carbonyl (C=O) groups is 1. The van der Waals surface area contributed by atoms with E-state index in [9.17, 15) is 14.9 Å². The fourth-order valence-corrected chi connectivity index (χ4v) is 1.81. The van der Waals surface area contributed by atoms with E-state index in [0.717, 1.165) is 6.08 Å². The fraction of sp³-hybridized carbons (Fsp3) is 0. The van der Waals surface area contributed by atoms with Crippen LogP contribution in [0.5, 0.6) is 0 Å². The molecule has 1 aromatic carbocycles. The lowest BCUT2D eigenvalue weighted by molar-refractivity contribution is -0.384. The van der Waals surface area contributed by atoms with Gasteiger partial charge in [-0.25, -0.2) is 5.48 Å². The maximum atomic E-state index is 11.0. The molecule has 0 spiro atoms. The molecule has 0 radical (unpaired) electrons. The summed E-state index contributed by atoms with van der Waals surface area (Å²) in [5, 5.41) is 19.6. The second kappa shape index (κ2) is 6.21. The van der Waals surface area contributed by atoms with Crippen LogP contribution in [0.1, 0.15) is 5.76 Å². The molecule has 1 amide bonds. The van der Waals surface area contributed by atoms with Crippen molar-refractivity contribution < 1.29 is 19.3 Å². The highest BCUT2D eigenvalue weighted by Crippen LogP contribution is 2.33. The van der Waals surface area contributed by atoms with Crippen molar-refractivity contribution in [3.05, 3.63) is 57.3 Å². The van der Waals surface area contributed by atoms with Crippen molar-refractivity contribution in [2.24, 2.45) is 0 Å². The molecule has 0 aliphatic carbocycles. The number of nitro groups is 1. The minimum atomic E-state index is -0.717. The van der Waals surface area contributed by atoms with Crippen molar-refractivity contribution in [1.82, 2.24) is 5.48 Å². The van der Waals surface area contributed by atoms with Gasteiger partial charge in [0.1, 0.15) is 11.5 Å². The zero-order chi connectivity index (χ0) is 15.4. The summed E-state index contributed by atoms with van der Waals surface area (Å²) in [6, 6.07) is 7.30. The SMILES string of the molecule is O=C(/C=C/c1ccc(-c2ccc(Cl)cc2[N+](=O)[O-])o1)NO. The molecule has 2 rings (SSSR count). The van der Waals surface area contributed by atoms with E-state index < -0.39 is 10.8 Å². The third-order valence-corrected chi connectivity index (χ3v) is 2.79. The Hall–Kier alpha value is -2.64. The van der Waals surface area contributed by atoms with Gasteiger partial charge in [0.05, 0.1) is 10.5 Å². The van der Waals surface area contributed by atoms with Crippen LogP contribution in [0.3, 0.4) is 0 Å². The van der Waals surface area contributed by atoms with Gasteiger partial charge < -0.3 is 4.42 Å². The van der Waals surface area contributed by atoms with Crippen molar-refractivity contribution in [1.29, 1.82) is 0 Å². The summed E-state index contributed by atoms with van der Waals surface area (Å²) in [5.74, 6) is -0.148. The topological polar surface area (TPSA) is 106 Å². The molecule has 2 N–H and O–H groups in total. The molecule has 8 heteroatoms. The molecule has 0 saturated carbocycles. The third kappa shape index (κ3) is 3.47. The van der Waals surface area contributed by atoms with Crippen molar-refractivity contribution in [3.63, 3.8) is 0 Å². The largest absolute Gasteiger partial charge is 0.456 e. The maximum Gasteiger partial charge on any atom is 0.281 e. The van der Waals surface area contributed by atoms with Gasteiger partial charge in [-0.05, 0) is 30.3 Å². The predicted molar refractivity (Wildman–Crippen MR) is 74.8 cm³/mol. The summed E-state index contributed by atoms with van der Waals surface area (Å²) in [5.41, 5.74) is 1.53. The highest BCUT2D eigenvalue weighted by Gasteiger charge is 2.18. The molecule has 108 valence electrons. The molecule has 0 saturated heterocycles. The quantitative estimate of drug-likeness (QED) is 0.391. The van der Waals surface area contributed by atoms with Gasteiger partial charge in [-0.15, -0.1) is 0 Å². The fourth-order valence-electron chi connectivity index (χ4n) is 1.65. The normalized spacial score (nSPS) is 10.8. The minimum Gasteiger partial charge on any atom is -0.456 e. The first-order valence-electron chi connectivity index (χ1n) is 5.67. The number of nitrogens with zero attached hydrogens (tertiary/aromatic N) is 1. The van der Waals surface area contributed by atoms with E-state index in [4.69, 9.17) is 21.2 Å². The number of furan rings is 1. The molecule has 0 aliphatic heterocycles. The first-order valence-corrected chi connectivity index (χ1v) is 6.05. The van der Waals surface area contributed by atoms with Crippen LogP contribution < -0.4 is 5.48 Å². The molecule has 0 atom stereocenters. The number of rotatable bonds is 4. The molecule has 1 aromatic heterocycles. The van der Waals surface area contributed by atoms with Crippen molar-refractivity contribution in [3.8, 4) is 11.3 Å². The average Bonchev–Trinajstić information content (AvgIpc) is 2.93. The lowest BCUT2D eigenvalue weighted by atomic mass is 10.1.